The molecule has 1 aliphatic heterocycles. The summed E-state index contributed by atoms with van der Waals surface area (Å²) in [5.41, 5.74) is 1.56. The first-order valence-corrected chi connectivity index (χ1v) is 13.0. The van der Waals surface area contributed by atoms with E-state index in [1.54, 1.807) is 12.1 Å². The average Bonchev–Trinajstić information content (AvgIpc) is 2.94. The molecule has 0 aliphatic carbocycles. The molecule has 1 heterocycles. The van der Waals surface area contributed by atoms with Gasteiger partial charge in [0, 0.05) is 5.56 Å². The summed E-state index contributed by atoms with van der Waals surface area (Å²) in [6.07, 6.45) is 7.72. The van der Waals surface area contributed by atoms with Crippen LogP contribution in [0.1, 0.15) is 55.5 Å². The molecule has 200 valence electrons. The lowest BCUT2D eigenvalue weighted by Gasteiger charge is -2.35. The fourth-order valence-electron chi connectivity index (χ4n) is 4.67. The number of nitrogens with zero attached hydrogens (tertiary/aromatic N) is 1. The Morgan fingerprint density at radius 1 is 1.05 bits per heavy atom. The molecule has 37 heavy (non-hydrogen) atoms. The summed E-state index contributed by atoms with van der Waals surface area (Å²) in [6, 6.07) is 13.0. The summed E-state index contributed by atoms with van der Waals surface area (Å²) in [5.74, 6) is 1.46. The maximum absolute atomic E-state index is 13.5. The molecule has 0 radical (unpaired) electrons. The van der Waals surface area contributed by atoms with E-state index in [1.165, 1.54) is 21.3 Å². The van der Waals surface area contributed by atoms with E-state index in [2.05, 4.69) is 31.3 Å². The SMILES string of the molecule is CC[C@H](C)[C@@H](/C=C/c1ccccc1)NC(=O)[C@@H]1CCCCN1CC(=O)c1cc(OC)c(OC)c(OC)c1. The van der Waals surface area contributed by atoms with E-state index in [9.17, 15) is 9.59 Å². The molecule has 0 saturated carbocycles. The number of likely N-dealkylation sites (tertiary alicyclic amines) is 1. The molecule has 0 aromatic heterocycles. The molecule has 7 nitrogen and oxygen atoms in total. The number of carbonyl (C=O) groups is 2. The van der Waals surface area contributed by atoms with Crippen LogP contribution in [-0.2, 0) is 4.79 Å². The van der Waals surface area contributed by atoms with Crippen LogP contribution in [0.15, 0.2) is 48.5 Å². The van der Waals surface area contributed by atoms with Gasteiger partial charge < -0.3 is 19.5 Å². The number of rotatable bonds is 12. The number of hydrogen-bond acceptors (Lipinski definition) is 6. The molecule has 1 aliphatic rings. The molecule has 0 bridgehead atoms. The molecule has 1 saturated heterocycles. The molecule has 1 N–H and O–H groups in total. The van der Waals surface area contributed by atoms with Gasteiger partial charge in [0.05, 0.1) is 40.0 Å². The predicted molar refractivity (Wildman–Crippen MR) is 147 cm³/mol. The summed E-state index contributed by atoms with van der Waals surface area (Å²) >= 11 is 0. The topological polar surface area (TPSA) is 77.1 Å². The maximum atomic E-state index is 13.5. The Bertz CT molecular complexity index is 1040. The lowest BCUT2D eigenvalue weighted by atomic mass is 9.95. The number of piperidine rings is 1. The summed E-state index contributed by atoms with van der Waals surface area (Å²) in [7, 11) is 4.58. The molecule has 0 spiro atoms. The van der Waals surface area contributed by atoms with Crippen molar-refractivity contribution in [1.82, 2.24) is 10.2 Å². The van der Waals surface area contributed by atoms with Crippen molar-refractivity contribution in [3.63, 3.8) is 0 Å². The number of nitrogens with one attached hydrogen (secondary N) is 1. The molecule has 3 rings (SSSR count). The van der Waals surface area contributed by atoms with Gasteiger partial charge in [0.2, 0.25) is 11.7 Å². The van der Waals surface area contributed by atoms with Crippen molar-refractivity contribution in [2.45, 2.75) is 51.6 Å². The number of ketones is 1. The van der Waals surface area contributed by atoms with Crippen molar-refractivity contribution < 1.29 is 23.8 Å². The first kappa shape index (κ1) is 28.3. The maximum Gasteiger partial charge on any atom is 0.237 e. The van der Waals surface area contributed by atoms with Crippen LogP contribution in [0, 0.1) is 5.92 Å². The molecular formula is C30H40N2O5. The van der Waals surface area contributed by atoms with Crippen molar-refractivity contribution in [1.29, 1.82) is 0 Å². The second kappa shape index (κ2) is 13.8. The normalized spacial score (nSPS) is 17.7. The summed E-state index contributed by atoms with van der Waals surface area (Å²) in [6.45, 7) is 5.11. The minimum absolute atomic E-state index is 0.0274. The second-order valence-corrected chi connectivity index (χ2v) is 9.51. The summed E-state index contributed by atoms with van der Waals surface area (Å²) < 4.78 is 16.2. The van der Waals surface area contributed by atoms with Crippen LogP contribution in [0.5, 0.6) is 17.2 Å². The van der Waals surface area contributed by atoms with E-state index in [-0.39, 0.29) is 36.2 Å². The highest BCUT2D eigenvalue weighted by molar-refractivity contribution is 5.99. The Hall–Kier alpha value is -3.32. The van der Waals surface area contributed by atoms with E-state index in [1.807, 2.05) is 35.2 Å². The number of methoxy groups -OCH3 is 3. The van der Waals surface area contributed by atoms with Crippen LogP contribution < -0.4 is 19.5 Å². The third kappa shape index (κ3) is 7.35. The van der Waals surface area contributed by atoms with Crippen LogP contribution in [0.4, 0.5) is 0 Å². The van der Waals surface area contributed by atoms with Gasteiger partial charge in [0.15, 0.2) is 17.3 Å². The van der Waals surface area contributed by atoms with Crippen molar-refractivity contribution in [2.24, 2.45) is 5.92 Å². The highest BCUT2D eigenvalue weighted by Crippen LogP contribution is 2.38. The number of amides is 1. The largest absolute Gasteiger partial charge is 0.493 e. The van der Waals surface area contributed by atoms with Crippen molar-refractivity contribution in [2.75, 3.05) is 34.4 Å². The van der Waals surface area contributed by atoms with Gasteiger partial charge in [-0.3, -0.25) is 14.5 Å². The van der Waals surface area contributed by atoms with Gasteiger partial charge in [-0.1, -0.05) is 69.2 Å². The standard InChI is InChI=1S/C30H40N2O5/c1-6-21(2)24(16-15-22-12-8-7-9-13-22)31-30(34)25-14-10-11-17-32(25)20-26(33)23-18-27(35-3)29(37-5)28(19-23)36-4/h7-9,12-13,15-16,18-19,21,24-25H,6,10-11,14,17,20H2,1-5H3,(H,31,34)/b16-15+/t21-,24+,25-/m0/s1. The van der Waals surface area contributed by atoms with Gasteiger partial charge >= 0.3 is 0 Å². The van der Waals surface area contributed by atoms with Gasteiger partial charge in [-0.25, -0.2) is 0 Å². The lowest BCUT2D eigenvalue weighted by Crippen LogP contribution is -2.53. The van der Waals surface area contributed by atoms with E-state index in [0.717, 1.165) is 31.2 Å². The molecule has 0 unspecified atom stereocenters. The number of benzene rings is 2. The zero-order valence-electron chi connectivity index (χ0n) is 22.7. The highest BCUT2D eigenvalue weighted by Gasteiger charge is 2.32. The van der Waals surface area contributed by atoms with Crippen molar-refractivity contribution in [3.8, 4) is 17.2 Å². The minimum Gasteiger partial charge on any atom is -0.493 e. The van der Waals surface area contributed by atoms with Crippen LogP contribution >= 0.6 is 0 Å². The summed E-state index contributed by atoms with van der Waals surface area (Å²) in [4.78, 5) is 28.8. The third-order valence-corrected chi connectivity index (χ3v) is 7.11. The zero-order chi connectivity index (χ0) is 26.8. The van der Waals surface area contributed by atoms with Gasteiger partial charge in [0.25, 0.3) is 0 Å². The van der Waals surface area contributed by atoms with Crippen LogP contribution in [0.3, 0.4) is 0 Å². The van der Waals surface area contributed by atoms with Crippen LogP contribution in [0.25, 0.3) is 6.08 Å². The molecule has 7 heteroatoms. The van der Waals surface area contributed by atoms with Crippen LogP contribution in [-0.4, -0.2) is 63.1 Å². The lowest BCUT2D eigenvalue weighted by molar-refractivity contribution is -0.128. The van der Waals surface area contributed by atoms with Crippen molar-refractivity contribution >= 4 is 17.8 Å². The van der Waals surface area contributed by atoms with Gasteiger partial charge in [-0.15, -0.1) is 0 Å². The third-order valence-electron chi connectivity index (χ3n) is 7.11. The molecule has 1 fully saturated rings. The van der Waals surface area contributed by atoms with Crippen LogP contribution in [0.2, 0.25) is 0 Å². The molecule has 2 aromatic rings. The highest BCUT2D eigenvalue weighted by atomic mass is 16.5. The smallest absolute Gasteiger partial charge is 0.237 e. The Morgan fingerprint density at radius 2 is 1.73 bits per heavy atom. The Morgan fingerprint density at radius 3 is 2.32 bits per heavy atom. The fraction of sp³-hybridized carbons (Fsp3) is 0.467. The van der Waals surface area contributed by atoms with E-state index < -0.39 is 0 Å². The van der Waals surface area contributed by atoms with E-state index >= 15 is 0 Å². The molecular weight excluding hydrogens is 468 g/mol. The average molecular weight is 509 g/mol. The number of Topliss-reactive ketones (excluding diaryl/α,β-unsaturated/α-hetero) is 1. The fourth-order valence-corrected chi connectivity index (χ4v) is 4.67. The minimum atomic E-state index is -0.351. The van der Waals surface area contributed by atoms with E-state index in [4.69, 9.17) is 14.2 Å². The van der Waals surface area contributed by atoms with E-state index in [0.29, 0.717) is 29.4 Å². The number of hydrogen-bond donors (Lipinski definition) is 1. The monoisotopic (exact) mass is 508 g/mol. The predicted octanol–water partition coefficient (Wildman–Crippen LogP) is 4.99. The van der Waals surface area contributed by atoms with Crippen molar-refractivity contribution in [3.05, 3.63) is 59.7 Å². The van der Waals surface area contributed by atoms with Gasteiger partial charge in [-0.2, -0.15) is 0 Å². The number of carbonyl (C=O) groups excluding carboxylic acids is 2. The van der Waals surface area contributed by atoms with Gasteiger partial charge in [0.1, 0.15) is 0 Å². The zero-order valence-corrected chi connectivity index (χ0v) is 22.7. The Kier molecular flexibility index (Phi) is 10.6. The molecule has 1 amide bonds. The quantitative estimate of drug-likeness (QED) is 0.407. The molecule has 3 atom stereocenters. The van der Waals surface area contributed by atoms with Gasteiger partial charge in [-0.05, 0) is 43.0 Å². The Balaban J connectivity index is 1.75. The number of ether oxygens (including phenoxy) is 3. The Labute approximate surface area is 220 Å². The second-order valence-electron chi connectivity index (χ2n) is 9.51. The summed E-state index contributed by atoms with van der Waals surface area (Å²) in [5, 5.41) is 3.27. The molecule has 2 aromatic carbocycles. The first-order chi connectivity index (χ1) is 17.9. The first-order valence-electron chi connectivity index (χ1n) is 13.0.